The molecule has 1 heterocycles. The number of hydrogen-bond donors (Lipinski definition) is 1. The highest BCUT2D eigenvalue weighted by Gasteiger charge is 2.45. The van der Waals surface area contributed by atoms with Gasteiger partial charge in [-0.15, -0.1) is 0 Å². The molecule has 1 saturated heterocycles. The fourth-order valence-electron chi connectivity index (χ4n) is 3.33. The van der Waals surface area contributed by atoms with Gasteiger partial charge in [0.1, 0.15) is 5.76 Å². The zero-order valence-corrected chi connectivity index (χ0v) is 15.3. The Hall–Kier alpha value is -2.92. The average molecular weight is 365 g/mol. The first-order valence-electron chi connectivity index (χ1n) is 9.11. The van der Waals surface area contributed by atoms with Crippen LogP contribution in [0.1, 0.15) is 30.5 Å². The Morgan fingerprint density at radius 3 is 2.30 bits per heavy atom. The standard InChI is InChI=1S/C22H23NO4/c1-2-27-15-9-14-23-19(16-10-5-3-6-11-16)18(21(25)22(23)26)20(24)17-12-7-4-8-13-17/h3-8,10-13,19,24H,2,9,14-15H2,1H3. The number of aliphatic hydroxyl groups excluding tert-OH is 1. The van der Waals surface area contributed by atoms with Crippen LogP contribution < -0.4 is 0 Å². The first kappa shape index (κ1) is 18.9. The maximum absolute atomic E-state index is 12.8. The maximum atomic E-state index is 12.8. The largest absolute Gasteiger partial charge is 0.507 e. The third kappa shape index (κ3) is 3.93. The average Bonchev–Trinajstić information content (AvgIpc) is 2.97. The van der Waals surface area contributed by atoms with Crippen molar-refractivity contribution in [3.8, 4) is 0 Å². The van der Waals surface area contributed by atoms with Crippen LogP contribution in [0.4, 0.5) is 0 Å². The van der Waals surface area contributed by atoms with E-state index in [9.17, 15) is 14.7 Å². The molecule has 1 aliphatic rings. The monoisotopic (exact) mass is 365 g/mol. The molecule has 1 aliphatic heterocycles. The maximum Gasteiger partial charge on any atom is 0.295 e. The van der Waals surface area contributed by atoms with Crippen LogP contribution in [0.15, 0.2) is 66.2 Å². The van der Waals surface area contributed by atoms with Crippen molar-refractivity contribution < 1.29 is 19.4 Å². The number of Topliss-reactive ketones (excluding diaryl/α,β-unsaturated/α-hetero) is 1. The molecular formula is C22H23NO4. The van der Waals surface area contributed by atoms with E-state index in [4.69, 9.17) is 4.74 Å². The lowest BCUT2D eigenvalue weighted by Crippen LogP contribution is -2.31. The minimum absolute atomic E-state index is 0.133. The first-order chi connectivity index (χ1) is 13.1. The Morgan fingerprint density at radius 1 is 1.04 bits per heavy atom. The number of likely N-dealkylation sites (tertiary alicyclic amines) is 1. The van der Waals surface area contributed by atoms with E-state index in [1.54, 1.807) is 24.3 Å². The van der Waals surface area contributed by atoms with Crippen LogP contribution >= 0.6 is 0 Å². The number of amides is 1. The number of nitrogens with zero attached hydrogens (tertiary/aromatic N) is 1. The van der Waals surface area contributed by atoms with Crippen LogP contribution in [-0.4, -0.2) is 41.5 Å². The number of rotatable bonds is 7. The minimum Gasteiger partial charge on any atom is -0.507 e. The molecule has 5 nitrogen and oxygen atoms in total. The summed E-state index contributed by atoms with van der Waals surface area (Å²) in [5, 5.41) is 10.8. The van der Waals surface area contributed by atoms with Crippen LogP contribution in [0.5, 0.6) is 0 Å². The predicted octanol–water partition coefficient (Wildman–Crippen LogP) is 3.53. The Kier molecular flexibility index (Phi) is 6.04. The summed E-state index contributed by atoms with van der Waals surface area (Å²) in [7, 11) is 0. The van der Waals surface area contributed by atoms with Gasteiger partial charge < -0.3 is 14.7 Å². The lowest BCUT2D eigenvalue weighted by atomic mass is 9.95. The van der Waals surface area contributed by atoms with Gasteiger partial charge in [0.05, 0.1) is 11.6 Å². The summed E-state index contributed by atoms with van der Waals surface area (Å²) in [6.07, 6.45) is 0.621. The van der Waals surface area contributed by atoms with Crippen LogP contribution in [0, 0.1) is 0 Å². The summed E-state index contributed by atoms with van der Waals surface area (Å²) in [6.45, 7) is 3.42. The summed E-state index contributed by atoms with van der Waals surface area (Å²) < 4.78 is 5.36. The van der Waals surface area contributed by atoms with Crippen molar-refractivity contribution in [2.24, 2.45) is 0 Å². The van der Waals surface area contributed by atoms with E-state index in [-0.39, 0.29) is 11.3 Å². The van der Waals surface area contributed by atoms with Gasteiger partial charge in [-0.2, -0.15) is 0 Å². The van der Waals surface area contributed by atoms with E-state index in [0.29, 0.717) is 31.7 Å². The van der Waals surface area contributed by atoms with E-state index in [1.807, 2.05) is 43.3 Å². The van der Waals surface area contributed by atoms with E-state index >= 15 is 0 Å². The molecule has 1 unspecified atom stereocenters. The fraction of sp³-hybridized carbons (Fsp3) is 0.273. The highest BCUT2D eigenvalue weighted by Crippen LogP contribution is 2.39. The molecule has 0 bridgehead atoms. The van der Waals surface area contributed by atoms with Gasteiger partial charge in [-0.3, -0.25) is 9.59 Å². The van der Waals surface area contributed by atoms with E-state index in [1.165, 1.54) is 4.90 Å². The number of benzene rings is 2. The van der Waals surface area contributed by atoms with Gasteiger partial charge in [0.25, 0.3) is 11.7 Å². The molecule has 27 heavy (non-hydrogen) atoms. The zero-order chi connectivity index (χ0) is 19.2. The number of aliphatic hydroxyl groups is 1. The Morgan fingerprint density at radius 2 is 1.67 bits per heavy atom. The van der Waals surface area contributed by atoms with Crippen molar-refractivity contribution in [2.45, 2.75) is 19.4 Å². The second-order valence-corrected chi connectivity index (χ2v) is 6.32. The summed E-state index contributed by atoms with van der Waals surface area (Å²) in [5.74, 6) is -1.38. The molecule has 0 saturated carbocycles. The number of hydrogen-bond acceptors (Lipinski definition) is 4. The van der Waals surface area contributed by atoms with E-state index < -0.39 is 17.7 Å². The van der Waals surface area contributed by atoms with E-state index in [2.05, 4.69) is 0 Å². The molecule has 0 spiro atoms. The molecule has 140 valence electrons. The molecule has 1 atom stereocenters. The van der Waals surface area contributed by atoms with Gasteiger partial charge in [0.15, 0.2) is 0 Å². The topological polar surface area (TPSA) is 66.8 Å². The smallest absolute Gasteiger partial charge is 0.295 e. The molecule has 3 rings (SSSR count). The molecule has 0 radical (unpaired) electrons. The van der Waals surface area contributed by atoms with Crippen molar-refractivity contribution in [3.63, 3.8) is 0 Å². The molecule has 1 amide bonds. The first-order valence-corrected chi connectivity index (χ1v) is 9.11. The van der Waals surface area contributed by atoms with Crippen LogP contribution in [0.3, 0.4) is 0 Å². The van der Waals surface area contributed by atoms with Crippen molar-refractivity contribution in [2.75, 3.05) is 19.8 Å². The number of ketones is 1. The summed E-state index contributed by atoms with van der Waals surface area (Å²) in [5.41, 5.74) is 1.45. The number of ether oxygens (including phenoxy) is 1. The molecule has 0 aliphatic carbocycles. The molecule has 1 N–H and O–H groups in total. The summed E-state index contributed by atoms with van der Waals surface area (Å²) in [4.78, 5) is 27.0. The Balaban J connectivity index is 2.03. The van der Waals surface area contributed by atoms with Gasteiger partial charge in [-0.25, -0.2) is 0 Å². The van der Waals surface area contributed by atoms with Crippen molar-refractivity contribution >= 4 is 17.4 Å². The molecule has 0 aromatic heterocycles. The van der Waals surface area contributed by atoms with Crippen molar-refractivity contribution in [1.29, 1.82) is 0 Å². The van der Waals surface area contributed by atoms with Crippen molar-refractivity contribution in [1.82, 2.24) is 4.90 Å². The molecule has 2 aromatic carbocycles. The second kappa shape index (κ2) is 8.64. The highest BCUT2D eigenvalue weighted by molar-refractivity contribution is 6.46. The number of carbonyl (C=O) groups is 2. The summed E-state index contributed by atoms with van der Waals surface area (Å²) >= 11 is 0. The van der Waals surface area contributed by atoms with Gasteiger partial charge in [0.2, 0.25) is 0 Å². The van der Waals surface area contributed by atoms with Crippen LogP contribution in [-0.2, 0) is 14.3 Å². The van der Waals surface area contributed by atoms with Gasteiger partial charge in [-0.1, -0.05) is 60.7 Å². The minimum atomic E-state index is -0.651. The van der Waals surface area contributed by atoms with Gasteiger partial charge in [-0.05, 0) is 18.9 Å². The van der Waals surface area contributed by atoms with Gasteiger partial charge >= 0.3 is 0 Å². The SMILES string of the molecule is CCOCCCN1C(=O)C(=O)C(=C(O)c2ccccc2)C1c1ccccc1. The molecule has 2 aromatic rings. The van der Waals surface area contributed by atoms with Gasteiger partial charge in [0, 0.05) is 25.3 Å². The van der Waals surface area contributed by atoms with Crippen LogP contribution in [0.25, 0.3) is 5.76 Å². The third-order valence-corrected chi connectivity index (χ3v) is 4.59. The quantitative estimate of drug-likeness (QED) is 0.353. The lowest BCUT2D eigenvalue weighted by Gasteiger charge is -2.25. The highest BCUT2D eigenvalue weighted by atomic mass is 16.5. The van der Waals surface area contributed by atoms with Crippen molar-refractivity contribution in [3.05, 3.63) is 77.4 Å². The summed E-state index contributed by atoms with van der Waals surface area (Å²) in [6, 6.07) is 17.6. The second-order valence-electron chi connectivity index (χ2n) is 6.32. The normalized spacial score (nSPS) is 18.9. The number of carbonyl (C=O) groups excluding carboxylic acids is 2. The predicted molar refractivity (Wildman–Crippen MR) is 103 cm³/mol. The molecule has 5 heteroatoms. The third-order valence-electron chi connectivity index (χ3n) is 4.59. The fourth-order valence-corrected chi connectivity index (χ4v) is 3.33. The Labute approximate surface area is 158 Å². The zero-order valence-electron chi connectivity index (χ0n) is 15.3. The molecular weight excluding hydrogens is 342 g/mol. The lowest BCUT2D eigenvalue weighted by molar-refractivity contribution is -0.140. The van der Waals surface area contributed by atoms with E-state index in [0.717, 1.165) is 5.56 Å². The van der Waals surface area contributed by atoms with Crippen LogP contribution in [0.2, 0.25) is 0 Å². The Bertz CT molecular complexity index is 830. The molecule has 1 fully saturated rings.